The Balaban J connectivity index is 1.56. The Hall–Kier alpha value is -2.61. The normalized spacial score (nSPS) is 32.3. The van der Waals surface area contributed by atoms with Crippen LogP contribution in [0.25, 0.3) is 0 Å². The summed E-state index contributed by atoms with van der Waals surface area (Å²) in [7, 11) is 0. The van der Waals surface area contributed by atoms with Crippen molar-refractivity contribution in [1.29, 1.82) is 0 Å². The predicted octanol–water partition coefficient (Wildman–Crippen LogP) is 0.550. The van der Waals surface area contributed by atoms with Gasteiger partial charge in [-0.05, 0) is 55.8 Å². The standard InChI is InChI=1S/C19H18FN3O4/c20-11-2-1-10-15(16(11)14-8-5-9(14)7-21-6-8)19(27)23(18(10)26)12-3-4-13(24)22-17(12)25/h1-2,8-9,12,14,21H,3-7H2,(H,22,24,25). The van der Waals surface area contributed by atoms with Crippen molar-refractivity contribution in [3.8, 4) is 0 Å². The first-order valence-corrected chi connectivity index (χ1v) is 9.22. The van der Waals surface area contributed by atoms with Crippen LogP contribution >= 0.6 is 0 Å². The van der Waals surface area contributed by atoms with Gasteiger partial charge in [0.05, 0.1) is 11.1 Å². The monoisotopic (exact) mass is 371 g/mol. The van der Waals surface area contributed by atoms with E-state index in [4.69, 9.17) is 0 Å². The highest BCUT2D eigenvalue weighted by molar-refractivity contribution is 6.24. The summed E-state index contributed by atoms with van der Waals surface area (Å²) >= 11 is 0. The van der Waals surface area contributed by atoms with Gasteiger partial charge in [0.2, 0.25) is 11.8 Å². The quantitative estimate of drug-likeness (QED) is 0.741. The SMILES string of the molecule is O=C1CCC(N2C(=O)c3ccc(F)c(C4C5CNCC4C5)c3C2=O)C(=O)N1. The molecule has 2 N–H and O–H groups in total. The molecule has 27 heavy (non-hydrogen) atoms. The molecule has 5 rings (SSSR count). The molecular weight excluding hydrogens is 353 g/mol. The second-order valence-corrected chi connectivity index (χ2v) is 7.77. The van der Waals surface area contributed by atoms with Gasteiger partial charge in [-0.3, -0.25) is 29.4 Å². The highest BCUT2D eigenvalue weighted by atomic mass is 19.1. The molecule has 4 amide bonds. The fourth-order valence-electron chi connectivity index (χ4n) is 5.10. The van der Waals surface area contributed by atoms with Crippen molar-refractivity contribution in [2.24, 2.45) is 11.8 Å². The number of nitrogens with one attached hydrogen (secondary N) is 2. The van der Waals surface area contributed by atoms with E-state index < -0.39 is 35.5 Å². The topological polar surface area (TPSA) is 95.6 Å². The first-order valence-electron chi connectivity index (χ1n) is 9.22. The van der Waals surface area contributed by atoms with Gasteiger partial charge in [-0.2, -0.15) is 0 Å². The molecule has 2 bridgehead atoms. The number of carbonyl (C=O) groups excluding carboxylic acids is 4. The van der Waals surface area contributed by atoms with Crippen LogP contribution in [-0.4, -0.2) is 47.7 Å². The van der Waals surface area contributed by atoms with E-state index in [-0.39, 0.29) is 41.7 Å². The van der Waals surface area contributed by atoms with Crippen LogP contribution in [0.5, 0.6) is 0 Å². The van der Waals surface area contributed by atoms with Crippen molar-refractivity contribution < 1.29 is 23.6 Å². The number of rotatable bonds is 2. The summed E-state index contributed by atoms with van der Waals surface area (Å²) in [5, 5.41) is 5.46. The van der Waals surface area contributed by atoms with Gasteiger partial charge in [0.25, 0.3) is 11.8 Å². The van der Waals surface area contributed by atoms with Crippen LogP contribution in [-0.2, 0) is 9.59 Å². The molecule has 7 nitrogen and oxygen atoms in total. The molecule has 1 aliphatic carbocycles. The number of carbonyl (C=O) groups is 4. The number of fused-ring (bicyclic) bond motifs is 3. The second-order valence-electron chi connectivity index (χ2n) is 7.77. The number of amides is 4. The molecule has 0 aromatic heterocycles. The molecule has 1 aromatic carbocycles. The Bertz CT molecular complexity index is 900. The minimum absolute atomic E-state index is 0.0590. The van der Waals surface area contributed by atoms with E-state index in [0.29, 0.717) is 5.56 Å². The summed E-state index contributed by atoms with van der Waals surface area (Å²) in [5.41, 5.74) is 0.578. The molecule has 2 saturated heterocycles. The predicted molar refractivity (Wildman–Crippen MR) is 90.3 cm³/mol. The van der Waals surface area contributed by atoms with Gasteiger partial charge >= 0.3 is 0 Å². The van der Waals surface area contributed by atoms with E-state index in [9.17, 15) is 23.6 Å². The molecule has 8 heteroatoms. The third-order valence-corrected chi connectivity index (χ3v) is 6.36. The van der Waals surface area contributed by atoms with Crippen LogP contribution in [0.15, 0.2) is 12.1 Å². The first kappa shape index (κ1) is 16.6. The Labute approximate surface area is 154 Å². The molecule has 3 heterocycles. The summed E-state index contributed by atoms with van der Waals surface area (Å²) in [6.45, 7) is 1.53. The van der Waals surface area contributed by atoms with Gasteiger partial charge < -0.3 is 5.32 Å². The Morgan fingerprint density at radius 2 is 1.78 bits per heavy atom. The third-order valence-electron chi connectivity index (χ3n) is 6.36. The lowest BCUT2D eigenvalue weighted by Crippen LogP contribution is -2.54. The lowest BCUT2D eigenvalue weighted by atomic mass is 9.59. The largest absolute Gasteiger partial charge is 0.316 e. The minimum atomic E-state index is -1.03. The maximum Gasteiger partial charge on any atom is 0.262 e. The van der Waals surface area contributed by atoms with Crippen LogP contribution < -0.4 is 10.6 Å². The van der Waals surface area contributed by atoms with Crippen molar-refractivity contribution in [3.63, 3.8) is 0 Å². The zero-order chi connectivity index (χ0) is 18.9. The van der Waals surface area contributed by atoms with Crippen LogP contribution in [0.1, 0.15) is 51.5 Å². The van der Waals surface area contributed by atoms with E-state index >= 15 is 0 Å². The second kappa shape index (κ2) is 5.69. The molecule has 3 atom stereocenters. The molecule has 3 fully saturated rings. The van der Waals surface area contributed by atoms with Gasteiger partial charge in [-0.1, -0.05) is 0 Å². The lowest BCUT2D eigenvalue weighted by Gasteiger charge is -2.50. The Kier molecular flexibility index (Phi) is 3.49. The number of hydrogen-bond acceptors (Lipinski definition) is 5. The highest BCUT2D eigenvalue weighted by Crippen LogP contribution is 2.52. The smallest absolute Gasteiger partial charge is 0.262 e. The van der Waals surface area contributed by atoms with E-state index in [1.54, 1.807) is 0 Å². The van der Waals surface area contributed by atoms with Crippen molar-refractivity contribution >= 4 is 23.6 Å². The van der Waals surface area contributed by atoms with Crippen LogP contribution in [0.2, 0.25) is 0 Å². The van der Waals surface area contributed by atoms with Gasteiger partial charge in [-0.15, -0.1) is 0 Å². The zero-order valence-electron chi connectivity index (χ0n) is 14.5. The molecular formula is C19H18FN3O4. The summed E-state index contributed by atoms with van der Waals surface area (Å²) in [6, 6.07) is 1.54. The van der Waals surface area contributed by atoms with Gasteiger partial charge in [-0.25, -0.2) is 4.39 Å². The molecule has 1 aromatic rings. The highest BCUT2D eigenvalue weighted by Gasteiger charge is 2.51. The number of nitrogens with zero attached hydrogens (tertiary/aromatic N) is 1. The molecule has 3 aliphatic heterocycles. The Morgan fingerprint density at radius 3 is 2.44 bits per heavy atom. The molecule has 140 valence electrons. The van der Waals surface area contributed by atoms with Crippen molar-refractivity contribution in [2.75, 3.05) is 13.1 Å². The van der Waals surface area contributed by atoms with Crippen molar-refractivity contribution in [3.05, 3.63) is 34.6 Å². The number of hydrogen-bond donors (Lipinski definition) is 2. The molecule has 0 radical (unpaired) electrons. The first-order chi connectivity index (χ1) is 13.0. The molecule has 0 spiro atoms. The summed E-state index contributed by atoms with van der Waals surface area (Å²) in [4.78, 5) is 50.5. The van der Waals surface area contributed by atoms with Gasteiger partial charge in [0.15, 0.2) is 0 Å². The van der Waals surface area contributed by atoms with Crippen molar-refractivity contribution in [1.82, 2.24) is 15.5 Å². The van der Waals surface area contributed by atoms with E-state index in [1.807, 2.05) is 0 Å². The number of imide groups is 2. The Morgan fingerprint density at radius 1 is 1.04 bits per heavy atom. The van der Waals surface area contributed by atoms with Crippen LogP contribution in [0, 0.1) is 17.7 Å². The number of piperidine rings is 3. The van der Waals surface area contributed by atoms with Crippen LogP contribution in [0.3, 0.4) is 0 Å². The molecule has 3 unspecified atom stereocenters. The van der Waals surface area contributed by atoms with E-state index in [0.717, 1.165) is 24.4 Å². The summed E-state index contributed by atoms with van der Waals surface area (Å²) in [6.07, 6.45) is 1.13. The maximum atomic E-state index is 14.8. The fourth-order valence-corrected chi connectivity index (χ4v) is 5.10. The van der Waals surface area contributed by atoms with Crippen molar-refractivity contribution in [2.45, 2.75) is 31.2 Å². The lowest BCUT2D eigenvalue weighted by molar-refractivity contribution is -0.136. The number of halogens is 1. The number of benzene rings is 1. The average molecular weight is 371 g/mol. The third kappa shape index (κ3) is 2.22. The minimum Gasteiger partial charge on any atom is -0.316 e. The van der Waals surface area contributed by atoms with E-state index in [2.05, 4.69) is 10.6 Å². The van der Waals surface area contributed by atoms with E-state index in [1.165, 1.54) is 12.1 Å². The zero-order valence-corrected chi connectivity index (χ0v) is 14.5. The van der Waals surface area contributed by atoms with Gasteiger partial charge in [0.1, 0.15) is 11.9 Å². The summed E-state index contributed by atoms with van der Waals surface area (Å²) in [5.74, 6) is -2.36. The molecule has 4 aliphatic rings. The fraction of sp³-hybridized carbons (Fsp3) is 0.474. The molecule has 1 saturated carbocycles. The van der Waals surface area contributed by atoms with Crippen LogP contribution in [0.4, 0.5) is 4.39 Å². The average Bonchev–Trinajstić information content (AvgIpc) is 2.89. The maximum absolute atomic E-state index is 14.8. The van der Waals surface area contributed by atoms with Gasteiger partial charge in [0, 0.05) is 12.0 Å². The summed E-state index contributed by atoms with van der Waals surface area (Å²) < 4.78 is 14.8.